The number of allylic oxidation sites excluding steroid dienone is 1. The molecule has 1 aliphatic heterocycles. The summed E-state index contributed by atoms with van der Waals surface area (Å²) in [4.78, 5) is 23.4. The van der Waals surface area contributed by atoms with Crippen LogP contribution < -0.4 is 0 Å². The van der Waals surface area contributed by atoms with Gasteiger partial charge in [-0.3, -0.25) is 9.59 Å². The third-order valence-electron chi connectivity index (χ3n) is 5.80. The van der Waals surface area contributed by atoms with Crippen molar-refractivity contribution in [1.82, 2.24) is 0 Å². The topological polar surface area (TPSA) is 52.6 Å². The molecule has 0 unspecified atom stereocenters. The second kappa shape index (κ2) is 4.85. The van der Waals surface area contributed by atoms with Crippen molar-refractivity contribution in [3.63, 3.8) is 0 Å². The Labute approximate surface area is 125 Å². The van der Waals surface area contributed by atoms with E-state index >= 15 is 0 Å². The quantitative estimate of drug-likeness (QED) is 0.550. The minimum atomic E-state index is -0.223. The molecular formula is C17H24O4. The zero-order valence-electron chi connectivity index (χ0n) is 13.3. The molecule has 1 saturated heterocycles. The van der Waals surface area contributed by atoms with Crippen LogP contribution in [0.3, 0.4) is 0 Å². The first-order valence-corrected chi connectivity index (χ1v) is 7.92. The van der Waals surface area contributed by atoms with E-state index in [1.54, 1.807) is 0 Å². The maximum atomic E-state index is 12.0. The number of ether oxygens (including phenoxy) is 2. The van der Waals surface area contributed by atoms with Crippen molar-refractivity contribution >= 4 is 11.9 Å². The fourth-order valence-corrected chi connectivity index (χ4v) is 4.61. The number of carbonyl (C=O) groups excluding carboxylic acids is 2. The summed E-state index contributed by atoms with van der Waals surface area (Å²) >= 11 is 0. The summed E-state index contributed by atoms with van der Waals surface area (Å²) in [6, 6.07) is 0. The summed E-state index contributed by atoms with van der Waals surface area (Å²) in [5.74, 6) is -0.0382. The van der Waals surface area contributed by atoms with Gasteiger partial charge in [0.05, 0.1) is 5.92 Å². The van der Waals surface area contributed by atoms with Gasteiger partial charge in [0, 0.05) is 18.3 Å². The molecule has 2 aliphatic carbocycles. The maximum Gasteiger partial charge on any atom is 0.309 e. The smallest absolute Gasteiger partial charge is 0.309 e. The molecule has 0 bridgehead atoms. The average molecular weight is 292 g/mol. The molecule has 0 radical (unpaired) electrons. The van der Waals surface area contributed by atoms with Crippen LogP contribution in [0.15, 0.2) is 11.1 Å². The van der Waals surface area contributed by atoms with Crippen LogP contribution in [0, 0.1) is 17.3 Å². The average Bonchev–Trinajstić information content (AvgIpc) is 2.68. The number of fused-ring (bicyclic) bond motifs is 3. The lowest BCUT2D eigenvalue weighted by Gasteiger charge is -2.49. The van der Waals surface area contributed by atoms with Crippen molar-refractivity contribution in [3.05, 3.63) is 11.1 Å². The van der Waals surface area contributed by atoms with Crippen molar-refractivity contribution in [2.24, 2.45) is 17.3 Å². The van der Waals surface area contributed by atoms with Crippen LogP contribution in [0.25, 0.3) is 0 Å². The predicted octanol–water partition coefficient (Wildman–Crippen LogP) is 3.01. The summed E-state index contributed by atoms with van der Waals surface area (Å²) < 4.78 is 11.3. The lowest BCUT2D eigenvalue weighted by atomic mass is 9.58. The summed E-state index contributed by atoms with van der Waals surface area (Å²) in [6.07, 6.45) is 3.50. The highest BCUT2D eigenvalue weighted by Crippen LogP contribution is 2.56. The van der Waals surface area contributed by atoms with Crippen molar-refractivity contribution < 1.29 is 19.1 Å². The number of hydrogen-bond acceptors (Lipinski definition) is 4. The third-order valence-corrected chi connectivity index (χ3v) is 5.80. The standard InChI is InChI=1S/C17H24O4/c1-9-5-6-13(20-11(3)18)17(4)8-7-12-10(2)16(19)21-15(12)14(9)17/h10,12-13,15H,5-8H2,1-4H3/t10-,12-,13-,15-,17-/m0/s1. The molecule has 0 N–H and O–H groups in total. The van der Waals surface area contributed by atoms with Gasteiger partial charge in [-0.15, -0.1) is 0 Å². The van der Waals surface area contributed by atoms with Gasteiger partial charge in [-0.1, -0.05) is 19.4 Å². The van der Waals surface area contributed by atoms with Gasteiger partial charge in [0.15, 0.2) is 0 Å². The predicted molar refractivity (Wildman–Crippen MR) is 77.4 cm³/mol. The van der Waals surface area contributed by atoms with Crippen molar-refractivity contribution in [3.8, 4) is 0 Å². The minimum Gasteiger partial charge on any atom is -0.462 e. The van der Waals surface area contributed by atoms with E-state index < -0.39 is 0 Å². The molecule has 116 valence electrons. The highest BCUT2D eigenvalue weighted by atomic mass is 16.6. The van der Waals surface area contributed by atoms with Crippen LogP contribution in [0.4, 0.5) is 0 Å². The Kier molecular flexibility index (Phi) is 3.38. The zero-order chi connectivity index (χ0) is 15.4. The van der Waals surface area contributed by atoms with Crippen molar-refractivity contribution in [1.29, 1.82) is 0 Å². The van der Waals surface area contributed by atoms with Gasteiger partial charge in [-0.05, 0) is 38.2 Å². The first kappa shape index (κ1) is 14.6. The second-order valence-electron chi connectivity index (χ2n) is 7.10. The van der Waals surface area contributed by atoms with Gasteiger partial charge in [0.25, 0.3) is 0 Å². The number of carbonyl (C=O) groups is 2. The highest BCUT2D eigenvalue weighted by molar-refractivity contribution is 5.76. The van der Waals surface area contributed by atoms with E-state index in [1.807, 2.05) is 6.92 Å². The molecule has 4 nitrogen and oxygen atoms in total. The first-order chi connectivity index (χ1) is 9.84. The summed E-state index contributed by atoms with van der Waals surface area (Å²) in [7, 11) is 0. The minimum absolute atomic E-state index is 0.0195. The molecule has 4 heteroatoms. The molecule has 3 aliphatic rings. The van der Waals surface area contributed by atoms with Crippen molar-refractivity contribution in [2.45, 2.75) is 65.6 Å². The number of hydrogen-bond donors (Lipinski definition) is 0. The van der Waals surface area contributed by atoms with Crippen LogP contribution in [0.2, 0.25) is 0 Å². The van der Waals surface area contributed by atoms with Crippen LogP contribution in [0.5, 0.6) is 0 Å². The van der Waals surface area contributed by atoms with Crippen LogP contribution in [-0.4, -0.2) is 24.1 Å². The molecule has 0 aromatic carbocycles. The Morgan fingerprint density at radius 2 is 2.10 bits per heavy atom. The van der Waals surface area contributed by atoms with Gasteiger partial charge in [0.1, 0.15) is 12.2 Å². The highest BCUT2D eigenvalue weighted by Gasteiger charge is 2.56. The maximum absolute atomic E-state index is 12.0. The summed E-state index contributed by atoms with van der Waals surface area (Å²) in [5.41, 5.74) is 2.37. The molecule has 5 atom stereocenters. The number of esters is 2. The van der Waals surface area contributed by atoms with Gasteiger partial charge in [-0.2, -0.15) is 0 Å². The second-order valence-corrected chi connectivity index (χ2v) is 7.10. The normalized spacial score (nSPS) is 42.2. The monoisotopic (exact) mass is 292 g/mol. The van der Waals surface area contributed by atoms with E-state index in [0.717, 1.165) is 25.7 Å². The summed E-state index contributed by atoms with van der Waals surface area (Å²) in [6.45, 7) is 7.75. The molecule has 3 rings (SSSR count). The Bertz CT molecular complexity index is 521. The number of rotatable bonds is 1. The van der Waals surface area contributed by atoms with Crippen LogP contribution in [0.1, 0.15) is 53.4 Å². The molecular weight excluding hydrogens is 268 g/mol. The Hall–Kier alpha value is -1.32. The zero-order valence-corrected chi connectivity index (χ0v) is 13.3. The molecule has 0 aromatic rings. The van der Waals surface area contributed by atoms with E-state index in [0.29, 0.717) is 0 Å². The Morgan fingerprint density at radius 3 is 2.76 bits per heavy atom. The molecule has 21 heavy (non-hydrogen) atoms. The van der Waals surface area contributed by atoms with E-state index in [2.05, 4.69) is 13.8 Å². The van der Waals surface area contributed by atoms with E-state index in [4.69, 9.17) is 9.47 Å². The Balaban J connectivity index is 1.99. The van der Waals surface area contributed by atoms with Gasteiger partial charge in [0.2, 0.25) is 0 Å². The first-order valence-electron chi connectivity index (χ1n) is 7.92. The molecule has 0 aromatic heterocycles. The Morgan fingerprint density at radius 1 is 1.38 bits per heavy atom. The van der Waals surface area contributed by atoms with E-state index in [-0.39, 0.29) is 41.4 Å². The van der Waals surface area contributed by atoms with Gasteiger partial charge in [-0.25, -0.2) is 0 Å². The largest absolute Gasteiger partial charge is 0.462 e. The van der Waals surface area contributed by atoms with Gasteiger partial charge >= 0.3 is 11.9 Å². The van der Waals surface area contributed by atoms with Crippen LogP contribution in [-0.2, 0) is 19.1 Å². The third kappa shape index (κ3) is 2.11. The van der Waals surface area contributed by atoms with Crippen LogP contribution >= 0.6 is 0 Å². The van der Waals surface area contributed by atoms with Gasteiger partial charge < -0.3 is 9.47 Å². The lowest BCUT2D eigenvalue weighted by Crippen LogP contribution is -2.48. The molecule has 1 heterocycles. The molecule has 1 saturated carbocycles. The SMILES string of the molecule is CC(=O)O[C@H]1CCC(C)=C2[C@H]3OC(=O)[C@@H](C)[C@@H]3CC[C@]21C. The lowest BCUT2D eigenvalue weighted by molar-refractivity contribution is -0.156. The fraction of sp³-hybridized carbons (Fsp3) is 0.765. The van der Waals surface area contributed by atoms with E-state index in [1.165, 1.54) is 18.1 Å². The van der Waals surface area contributed by atoms with Crippen molar-refractivity contribution in [2.75, 3.05) is 0 Å². The molecule has 2 fully saturated rings. The molecule has 0 spiro atoms. The van der Waals surface area contributed by atoms with E-state index in [9.17, 15) is 9.59 Å². The fourth-order valence-electron chi connectivity index (χ4n) is 4.61. The summed E-state index contributed by atoms with van der Waals surface area (Å²) in [5, 5.41) is 0. The molecule has 0 amide bonds.